The Kier molecular flexibility index (Phi) is 5.64. The van der Waals surface area contributed by atoms with E-state index in [2.05, 4.69) is 0 Å². The van der Waals surface area contributed by atoms with Crippen LogP contribution in [-0.2, 0) is 0 Å². The highest BCUT2D eigenvalue weighted by Gasteiger charge is 2.40. The second-order valence-electron chi connectivity index (χ2n) is 10.8. The molecule has 6 aromatic carbocycles. The number of nitrogens with zero attached hydrogens (tertiary/aromatic N) is 2. The predicted molar refractivity (Wildman–Crippen MR) is 170 cm³/mol. The Labute approximate surface area is 252 Å². The molecule has 2 aliphatic rings. The van der Waals surface area contributed by atoms with Gasteiger partial charge in [-0.2, -0.15) is 0 Å². The molecule has 8 rings (SSSR count). The first-order valence-corrected chi connectivity index (χ1v) is 14.2. The minimum absolute atomic E-state index is 0.269. The molecular weight excluding hydrogens is 548 g/mol. The van der Waals surface area contributed by atoms with Crippen molar-refractivity contribution >= 4 is 45.8 Å². The Morgan fingerprint density at radius 3 is 0.977 bits per heavy atom. The Bertz CT molecular complexity index is 1980. The van der Waals surface area contributed by atoms with Crippen molar-refractivity contribution in [3.05, 3.63) is 156 Å². The lowest BCUT2D eigenvalue weighted by Crippen LogP contribution is -2.43. The van der Waals surface area contributed by atoms with Gasteiger partial charge in [-0.05, 0) is 70.8 Å². The smallest absolute Gasteiger partial charge is 0.265 e. The first kappa shape index (κ1) is 25.6. The molecular formula is C38H22N2O4. The molecule has 0 saturated carbocycles. The number of imide groups is 2. The first-order chi connectivity index (χ1) is 21.5. The van der Waals surface area contributed by atoms with Crippen LogP contribution in [0.5, 0.6) is 0 Å². The van der Waals surface area contributed by atoms with Crippen LogP contribution in [0.2, 0.25) is 0 Å². The third-order valence-electron chi connectivity index (χ3n) is 8.32. The molecule has 44 heavy (non-hydrogen) atoms. The number of hydrogen-bond acceptors (Lipinski definition) is 4. The van der Waals surface area contributed by atoms with Gasteiger partial charge in [-0.25, -0.2) is 9.80 Å². The van der Waals surface area contributed by atoms with E-state index in [4.69, 9.17) is 0 Å². The summed E-state index contributed by atoms with van der Waals surface area (Å²) in [5, 5.41) is 0.676. The van der Waals surface area contributed by atoms with E-state index in [1.165, 1.54) is 9.80 Å². The molecule has 0 radical (unpaired) electrons. The lowest BCUT2D eigenvalue weighted by atomic mass is 9.85. The fourth-order valence-corrected chi connectivity index (χ4v) is 6.25. The van der Waals surface area contributed by atoms with Gasteiger partial charge in [0.05, 0.1) is 11.4 Å². The van der Waals surface area contributed by atoms with Gasteiger partial charge in [-0.3, -0.25) is 19.2 Å². The van der Waals surface area contributed by atoms with Gasteiger partial charge in [0.25, 0.3) is 23.6 Å². The van der Waals surface area contributed by atoms with Crippen molar-refractivity contribution in [2.75, 3.05) is 9.80 Å². The highest BCUT2D eigenvalue weighted by Crippen LogP contribution is 2.41. The SMILES string of the molecule is O=C1c2ccc3c4c(ccc(c24)C(=O)N1c1cccc(-c2ccccc2)c1)C(=O)N(c1cccc(-c2ccccc2)c1)C3=O. The van der Waals surface area contributed by atoms with E-state index in [-0.39, 0.29) is 22.3 Å². The van der Waals surface area contributed by atoms with E-state index < -0.39 is 23.6 Å². The van der Waals surface area contributed by atoms with E-state index >= 15 is 0 Å². The van der Waals surface area contributed by atoms with E-state index in [1.807, 2.05) is 97.1 Å². The molecule has 0 bridgehead atoms. The van der Waals surface area contributed by atoms with Crippen LogP contribution < -0.4 is 9.80 Å². The zero-order chi connectivity index (χ0) is 29.9. The van der Waals surface area contributed by atoms with Gasteiger partial charge in [-0.1, -0.05) is 84.9 Å². The molecule has 0 aromatic heterocycles. The van der Waals surface area contributed by atoms with Gasteiger partial charge in [0, 0.05) is 33.0 Å². The average Bonchev–Trinajstić information content (AvgIpc) is 3.07. The molecule has 0 fully saturated rings. The molecule has 2 aliphatic heterocycles. The molecule has 208 valence electrons. The van der Waals surface area contributed by atoms with Crippen LogP contribution in [0, 0.1) is 0 Å². The standard InChI is InChI=1S/C38H22N2O4/c41-35-29-17-19-31-34-32(38(44)40(37(31)43)28-16-8-14-26(22-28)24-11-5-2-6-12-24)20-18-30(33(29)34)36(42)39(35)27-15-7-13-25(21-27)23-9-3-1-4-10-23/h1-22H. The normalized spacial score (nSPS) is 14.0. The maximum Gasteiger partial charge on any atom is 0.265 e. The highest BCUT2D eigenvalue weighted by molar-refractivity contribution is 6.42. The van der Waals surface area contributed by atoms with Crippen LogP contribution in [-0.4, -0.2) is 23.6 Å². The van der Waals surface area contributed by atoms with Crippen molar-refractivity contribution < 1.29 is 19.2 Å². The fourth-order valence-electron chi connectivity index (χ4n) is 6.25. The number of carbonyl (C=O) groups is 4. The minimum atomic E-state index is -0.505. The molecule has 0 N–H and O–H groups in total. The number of carbonyl (C=O) groups excluding carboxylic acids is 4. The zero-order valence-electron chi connectivity index (χ0n) is 23.2. The molecule has 0 aliphatic carbocycles. The zero-order valence-corrected chi connectivity index (χ0v) is 23.2. The summed E-state index contributed by atoms with van der Waals surface area (Å²) < 4.78 is 0. The molecule has 0 atom stereocenters. The van der Waals surface area contributed by atoms with Crippen molar-refractivity contribution in [2.24, 2.45) is 0 Å². The quantitative estimate of drug-likeness (QED) is 0.203. The van der Waals surface area contributed by atoms with Crippen LogP contribution in [0.4, 0.5) is 11.4 Å². The van der Waals surface area contributed by atoms with Crippen LogP contribution in [0.25, 0.3) is 33.0 Å². The lowest BCUT2D eigenvalue weighted by molar-refractivity contribution is 0.0873. The minimum Gasteiger partial charge on any atom is -0.268 e. The number of rotatable bonds is 4. The van der Waals surface area contributed by atoms with Gasteiger partial charge >= 0.3 is 0 Å². The summed E-state index contributed by atoms with van der Waals surface area (Å²) in [6.07, 6.45) is 0. The number of amides is 4. The Morgan fingerprint density at radius 2 is 0.636 bits per heavy atom. The van der Waals surface area contributed by atoms with Gasteiger partial charge in [0.15, 0.2) is 0 Å². The summed E-state index contributed by atoms with van der Waals surface area (Å²) in [7, 11) is 0. The van der Waals surface area contributed by atoms with Gasteiger partial charge < -0.3 is 0 Å². The monoisotopic (exact) mass is 570 g/mol. The topological polar surface area (TPSA) is 74.8 Å². The van der Waals surface area contributed by atoms with Crippen molar-refractivity contribution in [2.45, 2.75) is 0 Å². The molecule has 0 spiro atoms. The van der Waals surface area contributed by atoms with Crippen LogP contribution >= 0.6 is 0 Å². The van der Waals surface area contributed by atoms with Gasteiger partial charge in [0.1, 0.15) is 0 Å². The van der Waals surface area contributed by atoms with E-state index in [0.717, 1.165) is 22.3 Å². The molecule has 6 aromatic rings. The maximum absolute atomic E-state index is 13.9. The molecule has 0 unspecified atom stereocenters. The molecule has 4 amide bonds. The van der Waals surface area contributed by atoms with Crippen LogP contribution in [0.3, 0.4) is 0 Å². The van der Waals surface area contributed by atoms with Crippen molar-refractivity contribution in [3.8, 4) is 22.3 Å². The number of hydrogen-bond donors (Lipinski definition) is 0. The van der Waals surface area contributed by atoms with Gasteiger partial charge in [0.2, 0.25) is 0 Å². The Morgan fingerprint density at radius 1 is 0.318 bits per heavy atom. The average molecular weight is 571 g/mol. The summed E-state index contributed by atoms with van der Waals surface area (Å²) in [6, 6.07) is 40.3. The van der Waals surface area contributed by atoms with Gasteiger partial charge in [-0.15, -0.1) is 0 Å². The second-order valence-corrected chi connectivity index (χ2v) is 10.8. The van der Waals surface area contributed by atoms with Crippen molar-refractivity contribution in [1.29, 1.82) is 0 Å². The summed E-state index contributed by atoms with van der Waals surface area (Å²) in [6.45, 7) is 0. The maximum atomic E-state index is 13.9. The van der Waals surface area contributed by atoms with Crippen molar-refractivity contribution in [3.63, 3.8) is 0 Å². The number of anilines is 2. The van der Waals surface area contributed by atoms with E-state index in [0.29, 0.717) is 22.1 Å². The summed E-state index contributed by atoms with van der Waals surface area (Å²) in [5.74, 6) is -2.02. The van der Waals surface area contributed by atoms with Crippen molar-refractivity contribution in [1.82, 2.24) is 0 Å². The number of benzene rings is 6. The van der Waals surface area contributed by atoms with Crippen LogP contribution in [0.1, 0.15) is 41.4 Å². The lowest BCUT2D eigenvalue weighted by Gasteiger charge is -2.32. The summed E-state index contributed by atoms with van der Waals surface area (Å²) in [5.41, 5.74) is 5.61. The second kappa shape index (κ2) is 9.71. The highest BCUT2D eigenvalue weighted by atomic mass is 16.2. The first-order valence-electron chi connectivity index (χ1n) is 14.2. The van der Waals surface area contributed by atoms with Crippen LogP contribution in [0.15, 0.2) is 133 Å². The summed E-state index contributed by atoms with van der Waals surface area (Å²) >= 11 is 0. The molecule has 0 saturated heterocycles. The third kappa shape index (κ3) is 3.75. The Balaban J connectivity index is 1.22. The molecule has 2 heterocycles. The molecule has 6 nitrogen and oxygen atoms in total. The predicted octanol–water partition coefficient (Wildman–Crippen LogP) is 7.78. The largest absolute Gasteiger partial charge is 0.268 e. The summed E-state index contributed by atoms with van der Waals surface area (Å²) in [4.78, 5) is 58.1. The van der Waals surface area contributed by atoms with E-state index in [9.17, 15) is 19.2 Å². The third-order valence-corrected chi connectivity index (χ3v) is 8.32. The Hall–Kier alpha value is -6.14. The molecule has 6 heteroatoms. The van der Waals surface area contributed by atoms with E-state index in [1.54, 1.807) is 36.4 Å². The fraction of sp³-hybridized carbons (Fsp3) is 0.